The summed E-state index contributed by atoms with van der Waals surface area (Å²) >= 11 is 0. The van der Waals surface area contributed by atoms with Gasteiger partial charge in [-0.3, -0.25) is 0 Å². The van der Waals surface area contributed by atoms with E-state index in [0.717, 1.165) is 42.2 Å². The van der Waals surface area contributed by atoms with E-state index in [1.165, 1.54) is 0 Å². The second-order valence-corrected chi connectivity index (χ2v) is 5.87. The smallest absolute Gasteiger partial charge is 0.319 e. The Kier molecular flexibility index (Phi) is 5.33. The van der Waals surface area contributed by atoms with E-state index in [1.807, 2.05) is 48.5 Å². The number of ether oxygens (including phenoxy) is 2. The molecule has 0 saturated carbocycles. The number of carbonyl (C=O) groups is 1. The third-order valence-electron chi connectivity index (χ3n) is 4.12. The number of amides is 2. The molecule has 2 N–H and O–H groups in total. The summed E-state index contributed by atoms with van der Waals surface area (Å²) in [6, 6.07) is 15.5. The van der Waals surface area contributed by atoms with Gasteiger partial charge in [-0.05, 0) is 41.8 Å². The van der Waals surface area contributed by atoms with E-state index >= 15 is 0 Å². The van der Waals surface area contributed by atoms with Crippen LogP contribution < -0.4 is 15.4 Å². The molecule has 0 spiro atoms. The number of rotatable bonds is 5. The molecule has 1 fully saturated rings. The fourth-order valence-electron chi connectivity index (χ4n) is 2.71. The van der Waals surface area contributed by atoms with Gasteiger partial charge in [0, 0.05) is 24.8 Å². The maximum absolute atomic E-state index is 11.9. The standard InChI is InChI=1S/C19H22N2O3/c1-23-18-4-2-3-16(11-18)15-5-7-17(8-6-15)21-19(22)20-12-14-9-10-24-13-14/h2-8,11,14H,9-10,12-13H2,1H3,(H2,20,21,22)/t14-/m0/s1. The van der Waals surface area contributed by atoms with Crippen LogP contribution in [-0.4, -0.2) is 32.9 Å². The Morgan fingerprint density at radius 2 is 2.04 bits per heavy atom. The highest BCUT2D eigenvalue weighted by molar-refractivity contribution is 5.89. The Morgan fingerprint density at radius 3 is 2.75 bits per heavy atom. The molecule has 5 heteroatoms. The van der Waals surface area contributed by atoms with Crippen molar-refractivity contribution < 1.29 is 14.3 Å². The molecule has 126 valence electrons. The first-order valence-corrected chi connectivity index (χ1v) is 8.11. The van der Waals surface area contributed by atoms with Gasteiger partial charge in [-0.2, -0.15) is 0 Å². The predicted molar refractivity (Wildman–Crippen MR) is 94.4 cm³/mol. The molecular weight excluding hydrogens is 304 g/mol. The summed E-state index contributed by atoms with van der Waals surface area (Å²) in [6.07, 6.45) is 1.01. The number of hydrogen-bond donors (Lipinski definition) is 2. The predicted octanol–water partition coefficient (Wildman–Crippen LogP) is 3.52. The molecule has 1 saturated heterocycles. The van der Waals surface area contributed by atoms with Crippen molar-refractivity contribution in [3.05, 3.63) is 48.5 Å². The Bertz CT molecular complexity index is 679. The lowest BCUT2D eigenvalue weighted by Gasteiger charge is -2.11. The molecule has 1 heterocycles. The molecule has 2 aromatic carbocycles. The molecule has 0 aromatic heterocycles. The summed E-state index contributed by atoms with van der Waals surface area (Å²) in [5, 5.41) is 5.74. The first-order chi connectivity index (χ1) is 11.7. The number of carbonyl (C=O) groups excluding carboxylic acids is 1. The Labute approximate surface area is 142 Å². The molecule has 0 aliphatic carbocycles. The van der Waals surface area contributed by atoms with Crippen LogP contribution in [0.4, 0.5) is 10.5 Å². The summed E-state index contributed by atoms with van der Waals surface area (Å²) in [5.74, 6) is 1.25. The van der Waals surface area contributed by atoms with Gasteiger partial charge in [-0.1, -0.05) is 24.3 Å². The molecule has 0 radical (unpaired) electrons. The average molecular weight is 326 g/mol. The van der Waals surface area contributed by atoms with Gasteiger partial charge in [0.05, 0.1) is 13.7 Å². The molecule has 3 rings (SSSR count). The lowest BCUT2D eigenvalue weighted by atomic mass is 10.1. The summed E-state index contributed by atoms with van der Waals surface area (Å²) in [7, 11) is 1.66. The molecule has 2 aromatic rings. The molecule has 1 atom stereocenters. The van der Waals surface area contributed by atoms with E-state index in [0.29, 0.717) is 12.5 Å². The summed E-state index contributed by atoms with van der Waals surface area (Å²) in [4.78, 5) is 11.9. The molecule has 0 bridgehead atoms. The van der Waals surface area contributed by atoms with Crippen LogP contribution in [0.2, 0.25) is 0 Å². The number of hydrogen-bond acceptors (Lipinski definition) is 3. The molecule has 1 aliphatic rings. The van der Waals surface area contributed by atoms with Crippen LogP contribution in [-0.2, 0) is 4.74 Å². The Hall–Kier alpha value is -2.53. The number of methoxy groups -OCH3 is 1. The van der Waals surface area contributed by atoms with Crippen molar-refractivity contribution in [1.82, 2.24) is 5.32 Å². The second-order valence-electron chi connectivity index (χ2n) is 5.87. The molecule has 1 aliphatic heterocycles. The SMILES string of the molecule is COc1cccc(-c2ccc(NC(=O)NC[C@@H]3CCOC3)cc2)c1. The van der Waals surface area contributed by atoms with E-state index in [-0.39, 0.29) is 6.03 Å². The molecule has 2 amide bonds. The first kappa shape index (κ1) is 16.3. The molecule has 0 unspecified atom stereocenters. The van der Waals surface area contributed by atoms with Crippen LogP contribution in [0.25, 0.3) is 11.1 Å². The van der Waals surface area contributed by atoms with E-state index in [4.69, 9.17) is 9.47 Å². The largest absolute Gasteiger partial charge is 0.497 e. The quantitative estimate of drug-likeness (QED) is 0.884. The minimum absolute atomic E-state index is 0.184. The van der Waals surface area contributed by atoms with Crippen molar-refractivity contribution in [3.8, 4) is 16.9 Å². The minimum Gasteiger partial charge on any atom is -0.497 e. The topological polar surface area (TPSA) is 59.6 Å². The highest BCUT2D eigenvalue weighted by Crippen LogP contribution is 2.25. The summed E-state index contributed by atoms with van der Waals surface area (Å²) in [6.45, 7) is 2.17. The van der Waals surface area contributed by atoms with Crippen LogP contribution in [0, 0.1) is 5.92 Å². The zero-order chi connectivity index (χ0) is 16.8. The highest BCUT2D eigenvalue weighted by atomic mass is 16.5. The van der Waals surface area contributed by atoms with Gasteiger partial charge in [0.2, 0.25) is 0 Å². The van der Waals surface area contributed by atoms with Gasteiger partial charge < -0.3 is 20.1 Å². The molecule has 24 heavy (non-hydrogen) atoms. The van der Waals surface area contributed by atoms with Gasteiger partial charge in [0.25, 0.3) is 0 Å². The molecular formula is C19H22N2O3. The van der Waals surface area contributed by atoms with Crippen molar-refractivity contribution in [2.45, 2.75) is 6.42 Å². The number of urea groups is 1. The Balaban J connectivity index is 1.56. The van der Waals surface area contributed by atoms with Crippen molar-refractivity contribution in [2.24, 2.45) is 5.92 Å². The van der Waals surface area contributed by atoms with Crippen LogP contribution in [0.15, 0.2) is 48.5 Å². The van der Waals surface area contributed by atoms with Crippen molar-refractivity contribution in [2.75, 3.05) is 32.2 Å². The monoisotopic (exact) mass is 326 g/mol. The highest BCUT2D eigenvalue weighted by Gasteiger charge is 2.16. The van der Waals surface area contributed by atoms with E-state index in [9.17, 15) is 4.79 Å². The zero-order valence-corrected chi connectivity index (χ0v) is 13.7. The summed E-state index contributed by atoms with van der Waals surface area (Å²) < 4.78 is 10.5. The fourth-order valence-corrected chi connectivity index (χ4v) is 2.71. The van der Waals surface area contributed by atoms with E-state index < -0.39 is 0 Å². The van der Waals surface area contributed by atoms with E-state index in [1.54, 1.807) is 7.11 Å². The summed E-state index contributed by atoms with van der Waals surface area (Å²) in [5.41, 5.74) is 2.91. The van der Waals surface area contributed by atoms with Gasteiger partial charge in [0.15, 0.2) is 0 Å². The van der Waals surface area contributed by atoms with Crippen LogP contribution >= 0.6 is 0 Å². The van der Waals surface area contributed by atoms with Gasteiger partial charge >= 0.3 is 6.03 Å². The lowest BCUT2D eigenvalue weighted by molar-refractivity contribution is 0.185. The van der Waals surface area contributed by atoms with Crippen LogP contribution in [0.5, 0.6) is 5.75 Å². The van der Waals surface area contributed by atoms with Gasteiger partial charge in [0.1, 0.15) is 5.75 Å². The third-order valence-corrected chi connectivity index (χ3v) is 4.12. The Morgan fingerprint density at radius 1 is 1.21 bits per heavy atom. The van der Waals surface area contributed by atoms with Crippen molar-refractivity contribution in [3.63, 3.8) is 0 Å². The van der Waals surface area contributed by atoms with Gasteiger partial charge in [-0.25, -0.2) is 4.79 Å². The maximum Gasteiger partial charge on any atom is 0.319 e. The zero-order valence-electron chi connectivity index (χ0n) is 13.7. The minimum atomic E-state index is -0.184. The number of benzene rings is 2. The van der Waals surface area contributed by atoms with E-state index in [2.05, 4.69) is 10.6 Å². The van der Waals surface area contributed by atoms with Crippen molar-refractivity contribution >= 4 is 11.7 Å². The van der Waals surface area contributed by atoms with Gasteiger partial charge in [-0.15, -0.1) is 0 Å². The normalized spacial score (nSPS) is 16.6. The fraction of sp³-hybridized carbons (Fsp3) is 0.316. The molecule has 5 nitrogen and oxygen atoms in total. The van der Waals surface area contributed by atoms with Crippen LogP contribution in [0.3, 0.4) is 0 Å². The first-order valence-electron chi connectivity index (χ1n) is 8.11. The lowest BCUT2D eigenvalue weighted by Crippen LogP contribution is -2.33. The van der Waals surface area contributed by atoms with Crippen LogP contribution in [0.1, 0.15) is 6.42 Å². The van der Waals surface area contributed by atoms with Crippen molar-refractivity contribution in [1.29, 1.82) is 0 Å². The second kappa shape index (κ2) is 7.84. The number of nitrogens with one attached hydrogen (secondary N) is 2. The maximum atomic E-state index is 11.9. The number of anilines is 1. The average Bonchev–Trinajstić information content (AvgIpc) is 3.14. The third kappa shape index (κ3) is 4.26.